The normalized spacial score (nSPS) is 15.4. The van der Waals surface area contributed by atoms with Crippen LogP contribution >= 0.6 is 11.8 Å². The molecule has 3 aromatic rings. The number of aromatic nitrogens is 3. The predicted molar refractivity (Wildman–Crippen MR) is 124 cm³/mol. The summed E-state index contributed by atoms with van der Waals surface area (Å²) in [4.78, 5) is 12.8. The molecule has 2 aromatic carbocycles. The summed E-state index contributed by atoms with van der Waals surface area (Å²) in [6.45, 7) is 3.90. The largest absolute Gasteiger partial charge is 0.457 e. The summed E-state index contributed by atoms with van der Waals surface area (Å²) in [5.74, 6) is 2.37. The molecule has 0 bridgehead atoms. The van der Waals surface area contributed by atoms with Crippen LogP contribution in [0.2, 0.25) is 0 Å². The molecule has 31 heavy (non-hydrogen) atoms. The highest BCUT2D eigenvalue weighted by atomic mass is 32.2. The molecule has 6 nitrogen and oxygen atoms in total. The van der Waals surface area contributed by atoms with Crippen LogP contribution in [-0.4, -0.2) is 25.9 Å². The Kier molecular flexibility index (Phi) is 6.92. The Morgan fingerprint density at radius 1 is 1.03 bits per heavy atom. The second kappa shape index (κ2) is 10.0. The number of amides is 1. The maximum absolute atomic E-state index is 12.8. The summed E-state index contributed by atoms with van der Waals surface area (Å²) in [5, 5.41) is 12.2. The maximum atomic E-state index is 12.8. The second-order valence-electron chi connectivity index (χ2n) is 7.88. The average molecular weight is 437 g/mol. The van der Waals surface area contributed by atoms with Crippen molar-refractivity contribution in [3.8, 4) is 11.5 Å². The third-order valence-corrected chi connectivity index (χ3v) is 6.58. The van der Waals surface area contributed by atoms with E-state index < -0.39 is 0 Å². The number of thioether (sulfide) groups is 1. The Hall–Kier alpha value is -2.80. The quantitative estimate of drug-likeness (QED) is 0.460. The van der Waals surface area contributed by atoms with E-state index in [2.05, 4.69) is 20.1 Å². The van der Waals surface area contributed by atoms with Gasteiger partial charge in [0.25, 0.3) is 0 Å². The number of carbonyl (C=O) groups excluding carboxylic acids is 1. The first-order valence-corrected chi connectivity index (χ1v) is 11.7. The Morgan fingerprint density at radius 2 is 1.71 bits per heavy atom. The third-order valence-electron chi connectivity index (χ3n) is 5.53. The molecule has 1 aliphatic rings. The molecule has 1 heterocycles. The molecule has 0 spiro atoms. The monoisotopic (exact) mass is 436 g/mol. The number of benzene rings is 2. The van der Waals surface area contributed by atoms with Crippen LogP contribution in [0, 0.1) is 6.92 Å². The van der Waals surface area contributed by atoms with Gasteiger partial charge in [-0.05, 0) is 63.1 Å². The first-order valence-electron chi connectivity index (χ1n) is 10.8. The van der Waals surface area contributed by atoms with E-state index in [1.165, 1.54) is 31.0 Å². The van der Waals surface area contributed by atoms with Crippen LogP contribution in [0.3, 0.4) is 0 Å². The van der Waals surface area contributed by atoms with E-state index in [-0.39, 0.29) is 11.2 Å². The zero-order valence-corrected chi connectivity index (χ0v) is 18.8. The Balaban J connectivity index is 1.36. The highest BCUT2D eigenvalue weighted by molar-refractivity contribution is 8.00. The number of anilines is 1. The molecule has 1 unspecified atom stereocenters. The molecule has 0 saturated heterocycles. The topological polar surface area (TPSA) is 69.0 Å². The van der Waals surface area contributed by atoms with Gasteiger partial charge in [-0.3, -0.25) is 4.79 Å². The van der Waals surface area contributed by atoms with Gasteiger partial charge in [-0.15, -0.1) is 10.2 Å². The molecular formula is C24H28N4O2S. The van der Waals surface area contributed by atoms with E-state index in [0.29, 0.717) is 6.04 Å². The van der Waals surface area contributed by atoms with Crippen LogP contribution < -0.4 is 10.1 Å². The van der Waals surface area contributed by atoms with Crippen molar-refractivity contribution in [2.75, 3.05) is 5.32 Å². The number of para-hydroxylation sites is 1. The van der Waals surface area contributed by atoms with Crippen LogP contribution in [0.1, 0.15) is 50.9 Å². The van der Waals surface area contributed by atoms with Gasteiger partial charge < -0.3 is 14.6 Å². The Morgan fingerprint density at radius 3 is 2.42 bits per heavy atom. The van der Waals surface area contributed by atoms with E-state index in [0.717, 1.165) is 41.0 Å². The lowest BCUT2D eigenvalue weighted by molar-refractivity contribution is -0.115. The molecule has 1 N–H and O–H groups in total. The fraction of sp³-hybridized carbons (Fsp3) is 0.375. The van der Waals surface area contributed by atoms with Gasteiger partial charge >= 0.3 is 0 Å². The molecule has 7 heteroatoms. The van der Waals surface area contributed by atoms with Crippen molar-refractivity contribution in [1.29, 1.82) is 0 Å². The number of nitrogens with one attached hydrogen (secondary N) is 1. The summed E-state index contributed by atoms with van der Waals surface area (Å²) in [6, 6.07) is 17.5. The van der Waals surface area contributed by atoms with E-state index in [9.17, 15) is 4.79 Å². The van der Waals surface area contributed by atoms with Crippen molar-refractivity contribution >= 4 is 23.4 Å². The standard InChI is InChI=1S/C24H28N4O2S/c1-17(31-24-27-26-18(2)28(24)20-9-5-3-6-10-20)23(29)25-19-13-15-22(16-14-19)30-21-11-7-4-8-12-21/h4,7-8,11-17,20H,3,5-6,9-10H2,1-2H3,(H,25,29). The molecule has 162 valence electrons. The lowest BCUT2D eigenvalue weighted by Gasteiger charge is -2.25. The molecule has 1 aromatic heterocycles. The summed E-state index contributed by atoms with van der Waals surface area (Å²) in [7, 11) is 0. The zero-order chi connectivity index (χ0) is 21.6. The van der Waals surface area contributed by atoms with Gasteiger partial charge in [0, 0.05) is 11.7 Å². The lowest BCUT2D eigenvalue weighted by atomic mass is 9.95. The number of ether oxygens (including phenoxy) is 1. The van der Waals surface area contributed by atoms with Crippen molar-refractivity contribution in [2.24, 2.45) is 0 Å². The van der Waals surface area contributed by atoms with Gasteiger partial charge in [-0.2, -0.15) is 0 Å². The minimum absolute atomic E-state index is 0.0578. The molecule has 1 aliphatic carbocycles. The van der Waals surface area contributed by atoms with Crippen molar-refractivity contribution in [2.45, 2.75) is 62.4 Å². The van der Waals surface area contributed by atoms with E-state index in [1.54, 1.807) is 0 Å². The summed E-state index contributed by atoms with van der Waals surface area (Å²) in [5.41, 5.74) is 0.739. The average Bonchev–Trinajstić information content (AvgIpc) is 3.16. The Labute approximate surface area is 187 Å². The molecule has 1 atom stereocenters. The number of nitrogens with zero attached hydrogens (tertiary/aromatic N) is 3. The van der Waals surface area contributed by atoms with Gasteiger partial charge in [0.1, 0.15) is 17.3 Å². The second-order valence-corrected chi connectivity index (χ2v) is 9.19. The van der Waals surface area contributed by atoms with Gasteiger partial charge in [-0.1, -0.05) is 49.2 Å². The molecule has 1 saturated carbocycles. The highest BCUT2D eigenvalue weighted by Crippen LogP contribution is 2.34. The SMILES string of the molecule is Cc1nnc(SC(C)C(=O)Nc2ccc(Oc3ccccc3)cc2)n1C1CCCCC1. The summed E-state index contributed by atoms with van der Waals surface area (Å²) >= 11 is 1.47. The van der Waals surface area contributed by atoms with E-state index in [4.69, 9.17) is 4.74 Å². The van der Waals surface area contributed by atoms with Crippen LogP contribution in [0.4, 0.5) is 5.69 Å². The molecule has 4 rings (SSSR count). The van der Waals surface area contributed by atoms with Crippen LogP contribution in [-0.2, 0) is 4.79 Å². The number of rotatable bonds is 7. The molecule has 0 radical (unpaired) electrons. The first kappa shape index (κ1) is 21.4. The predicted octanol–water partition coefficient (Wildman–Crippen LogP) is 6.00. The van der Waals surface area contributed by atoms with E-state index in [1.807, 2.05) is 68.4 Å². The Bertz CT molecular complexity index is 998. The van der Waals surface area contributed by atoms with Gasteiger partial charge in [0.05, 0.1) is 5.25 Å². The van der Waals surface area contributed by atoms with Crippen molar-refractivity contribution in [1.82, 2.24) is 14.8 Å². The minimum atomic E-state index is -0.286. The van der Waals surface area contributed by atoms with Crippen LogP contribution in [0.5, 0.6) is 11.5 Å². The number of hydrogen-bond donors (Lipinski definition) is 1. The van der Waals surface area contributed by atoms with Crippen molar-refractivity contribution in [3.05, 3.63) is 60.4 Å². The smallest absolute Gasteiger partial charge is 0.237 e. The van der Waals surface area contributed by atoms with Gasteiger partial charge in [0.15, 0.2) is 5.16 Å². The summed E-state index contributed by atoms with van der Waals surface area (Å²) < 4.78 is 8.03. The fourth-order valence-corrected chi connectivity index (χ4v) is 4.84. The van der Waals surface area contributed by atoms with E-state index >= 15 is 0 Å². The molecule has 1 fully saturated rings. The third kappa shape index (κ3) is 5.47. The number of hydrogen-bond acceptors (Lipinski definition) is 5. The number of carbonyl (C=O) groups is 1. The summed E-state index contributed by atoms with van der Waals surface area (Å²) in [6.07, 6.45) is 6.10. The first-order chi connectivity index (χ1) is 15.1. The molecule has 1 amide bonds. The lowest BCUT2D eigenvalue weighted by Crippen LogP contribution is -2.23. The zero-order valence-electron chi connectivity index (χ0n) is 18.0. The maximum Gasteiger partial charge on any atom is 0.237 e. The van der Waals surface area contributed by atoms with Crippen molar-refractivity contribution < 1.29 is 9.53 Å². The molecular weight excluding hydrogens is 408 g/mol. The van der Waals surface area contributed by atoms with Gasteiger partial charge in [-0.25, -0.2) is 0 Å². The minimum Gasteiger partial charge on any atom is -0.457 e. The fourth-order valence-electron chi connectivity index (χ4n) is 3.88. The van der Waals surface area contributed by atoms with Gasteiger partial charge in [0.2, 0.25) is 5.91 Å². The highest BCUT2D eigenvalue weighted by Gasteiger charge is 2.24. The van der Waals surface area contributed by atoms with Crippen LogP contribution in [0.15, 0.2) is 59.8 Å². The molecule has 0 aliphatic heterocycles. The van der Waals surface area contributed by atoms with Crippen molar-refractivity contribution in [3.63, 3.8) is 0 Å². The number of aryl methyl sites for hydroxylation is 1. The van der Waals surface area contributed by atoms with Crippen LogP contribution in [0.25, 0.3) is 0 Å².